The summed E-state index contributed by atoms with van der Waals surface area (Å²) < 4.78 is 37.3. The standard InChI is InChI=1S/C25H44O4S/c1-3-4-5-6-7-8-9-10-11-12-13-14-15-16-17-18-21-29-25-22-24(30(26,27)28)20-19-23(25)2/h19-20,22H,3-18,21H2,1-2H3,(H,26,27,28). The van der Waals surface area contributed by atoms with Gasteiger partial charge in [-0.2, -0.15) is 8.42 Å². The van der Waals surface area contributed by atoms with Gasteiger partial charge in [0.15, 0.2) is 0 Å². The van der Waals surface area contributed by atoms with E-state index in [1.165, 1.54) is 102 Å². The fraction of sp³-hybridized carbons (Fsp3) is 0.760. The number of hydrogen-bond acceptors (Lipinski definition) is 3. The minimum atomic E-state index is -4.18. The third-order valence-corrected chi connectivity index (χ3v) is 6.56. The zero-order valence-electron chi connectivity index (χ0n) is 19.3. The lowest BCUT2D eigenvalue weighted by atomic mass is 10.0. The van der Waals surface area contributed by atoms with Crippen LogP contribution in [-0.4, -0.2) is 19.6 Å². The Labute approximate surface area is 185 Å². The van der Waals surface area contributed by atoms with E-state index in [0.717, 1.165) is 18.4 Å². The van der Waals surface area contributed by atoms with Crippen LogP contribution in [0.2, 0.25) is 0 Å². The van der Waals surface area contributed by atoms with Crippen molar-refractivity contribution in [2.24, 2.45) is 0 Å². The number of unbranched alkanes of at least 4 members (excludes halogenated alkanes) is 15. The molecule has 1 N–H and O–H groups in total. The van der Waals surface area contributed by atoms with Gasteiger partial charge in [-0.1, -0.05) is 109 Å². The van der Waals surface area contributed by atoms with Crippen molar-refractivity contribution in [1.82, 2.24) is 0 Å². The summed E-state index contributed by atoms with van der Waals surface area (Å²) in [5.41, 5.74) is 0.874. The van der Waals surface area contributed by atoms with E-state index in [2.05, 4.69) is 6.92 Å². The Hall–Kier alpha value is -1.07. The molecule has 0 aliphatic heterocycles. The molecule has 174 valence electrons. The van der Waals surface area contributed by atoms with E-state index >= 15 is 0 Å². The van der Waals surface area contributed by atoms with Gasteiger partial charge in [0.2, 0.25) is 0 Å². The highest BCUT2D eigenvalue weighted by molar-refractivity contribution is 7.85. The van der Waals surface area contributed by atoms with Crippen LogP contribution in [0, 0.1) is 6.92 Å². The predicted octanol–water partition coefficient (Wildman–Crippen LogP) is 7.88. The predicted molar refractivity (Wildman–Crippen MR) is 126 cm³/mol. The van der Waals surface area contributed by atoms with Gasteiger partial charge in [0, 0.05) is 6.07 Å². The molecule has 1 aromatic rings. The molecule has 0 radical (unpaired) electrons. The van der Waals surface area contributed by atoms with Crippen LogP contribution >= 0.6 is 0 Å². The lowest BCUT2D eigenvalue weighted by molar-refractivity contribution is 0.301. The smallest absolute Gasteiger partial charge is 0.294 e. The fourth-order valence-corrected chi connectivity index (χ4v) is 4.22. The maximum absolute atomic E-state index is 11.2. The molecule has 0 amide bonds. The first kappa shape index (κ1) is 27.0. The van der Waals surface area contributed by atoms with E-state index < -0.39 is 10.1 Å². The van der Waals surface area contributed by atoms with Gasteiger partial charge in [-0.25, -0.2) is 0 Å². The molecule has 0 spiro atoms. The summed E-state index contributed by atoms with van der Waals surface area (Å²) in [7, 11) is -4.18. The maximum Gasteiger partial charge on any atom is 0.294 e. The highest BCUT2D eigenvalue weighted by Crippen LogP contribution is 2.23. The van der Waals surface area contributed by atoms with Crippen molar-refractivity contribution in [3.8, 4) is 5.75 Å². The molecule has 0 aromatic heterocycles. The second-order valence-corrected chi connectivity index (χ2v) is 9.98. The van der Waals surface area contributed by atoms with Gasteiger partial charge < -0.3 is 4.74 Å². The summed E-state index contributed by atoms with van der Waals surface area (Å²) in [4.78, 5) is -0.116. The van der Waals surface area contributed by atoms with Crippen molar-refractivity contribution < 1.29 is 17.7 Å². The molecule has 1 aromatic carbocycles. The van der Waals surface area contributed by atoms with Crippen LogP contribution in [-0.2, 0) is 10.1 Å². The van der Waals surface area contributed by atoms with Crippen LogP contribution in [0.1, 0.15) is 115 Å². The lowest BCUT2D eigenvalue weighted by Crippen LogP contribution is -2.02. The van der Waals surface area contributed by atoms with E-state index in [1.54, 1.807) is 6.07 Å². The van der Waals surface area contributed by atoms with Crippen molar-refractivity contribution in [2.45, 2.75) is 121 Å². The van der Waals surface area contributed by atoms with Gasteiger partial charge in [0.05, 0.1) is 11.5 Å². The zero-order chi connectivity index (χ0) is 22.1. The Morgan fingerprint density at radius 2 is 1.17 bits per heavy atom. The molecule has 0 aliphatic carbocycles. The number of hydrogen-bond donors (Lipinski definition) is 1. The molecular formula is C25H44O4S. The van der Waals surface area contributed by atoms with Crippen LogP contribution in [0.15, 0.2) is 23.1 Å². The Balaban J connectivity index is 1.93. The topological polar surface area (TPSA) is 63.6 Å². The summed E-state index contributed by atoms with van der Waals surface area (Å²) in [5, 5.41) is 0. The summed E-state index contributed by atoms with van der Waals surface area (Å²) >= 11 is 0. The molecule has 5 heteroatoms. The van der Waals surface area contributed by atoms with E-state index in [0.29, 0.717) is 12.4 Å². The van der Waals surface area contributed by atoms with Gasteiger partial charge >= 0.3 is 0 Å². The largest absolute Gasteiger partial charge is 0.493 e. The molecule has 0 atom stereocenters. The molecule has 0 bridgehead atoms. The van der Waals surface area contributed by atoms with Crippen LogP contribution in [0.25, 0.3) is 0 Å². The van der Waals surface area contributed by atoms with Crippen molar-refractivity contribution in [3.63, 3.8) is 0 Å². The number of aryl methyl sites for hydroxylation is 1. The van der Waals surface area contributed by atoms with Gasteiger partial charge in [-0.15, -0.1) is 0 Å². The first-order valence-electron chi connectivity index (χ1n) is 12.2. The average molecular weight is 441 g/mol. The first-order chi connectivity index (χ1) is 14.4. The number of rotatable bonds is 19. The minimum Gasteiger partial charge on any atom is -0.493 e. The van der Waals surface area contributed by atoms with E-state index in [-0.39, 0.29) is 4.90 Å². The highest BCUT2D eigenvalue weighted by Gasteiger charge is 2.12. The first-order valence-corrected chi connectivity index (χ1v) is 13.6. The van der Waals surface area contributed by atoms with Crippen LogP contribution < -0.4 is 4.74 Å². The summed E-state index contributed by atoms with van der Waals surface area (Å²) in [6.07, 6.45) is 21.3. The third-order valence-electron chi connectivity index (χ3n) is 5.71. The fourth-order valence-electron chi connectivity index (χ4n) is 3.73. The molecule has 0 fully saturated rings. The van der Waals surface area contributed by atoms with Gasteiger partial charge in [0.1, 0.15) is 5.75 Å². The minimum absolute atomic E-state index is 0.116. The Morgan fingerprint density at radius 1 is 0.733 bits per heavy atom. The average Bonchev–Trinajstić information content (AvgIpc) is 2.70. The molecule has 0 unspecified atom stereocenters. The Kier molecular flexibility index (Phi) is 14.9. The van der Waals surface area contributed by atoms with Crippen LogP contribution in [0.4, 0.5) is 0 Å². The summed E-state index contributed by atoms with van der Waals surface area (Å²) in [5.74, 6) is 0.533. The van der Waals surface area contributed by atoms with Gasteiger partial charge in [-0.05, 0) is 25.0 Å². The second-order valence-electron chi connectivity index (χ2n) is 8.55. The third kappa shape index (κ3) is 13.3. The Morgan fingerprint density at radius 3 is 1.60 bits per heavy atom. The summed E-state index contributed by atoms with van der Waals surface area (Å²) in [6, 6.07) is 4.45. The highest BCUT2D eigenvalue weighted by atomic mass is 32.2. The van der Waals surface area contributed by atoms with Gasteiger partial charge in [0.25, 0.3) is 10.1 Å². The number of ether oxygens (including phenoxy) is 1. The monoisotopic (exact) mass is 440 g/mol. The molecule has 0 saturated heterocycles. The molecule has 1 rings (SSSR count). The molecule has 0 heterocycles. The van der Waals surface area contributed by atoms with Crippen molar-refractivity contribution in [2.75, 3.05) is 6.61 Å². The molecule has 0 saturated carbocycles. The Bertz CT molecular complexity index is 655. The maximum atomic E-state index is 11.2. The quantitative estimate of drug-likeness (QED) is 0.175. The van der Waals surface area contributed by atoms with Crippen LogP contribution in [0.3, 0.4) is 0 Å². The molecule has 0 aliphatic rings. The molecular weight excluding hydrogens is 396 g/mol. The van der Waals surface area contributed by atoms with Crippen molar-refractivity contribution >= 4 is 10.1 Å². The van der Waals surface area contributed by atoms with Crippen molar-refractivity contribution in [1.29, 1.82) is 0 Å². The van der Waals surface area contributed by atoms with Gasteiger partial charge in [-0.3, -0.25) is 4.55 Å². The number of benzene rings is 1. The molecule has 30 heavy (non-hydrogen) atoms. The summed E-state index contributed by atoms with van der Waals surface area (Å²) in [6.45, 7) is 4.72. The van der Waals surface area contributed by atoms with E-state index in [1.807, 2.05) is 6.92 Å². The molecule has 4 nitrogen and oxygen atoms in total. The zero-order valence-corrected chi connectivity index (χ0v) is 20.1. The van der Waals surface area contributed by atoms with Crippen molar-refractivity contribution in [3.05, 3.63) is 23.8 Å². The lowest BCUT2D eigenvalue weighted by Gasteiger charge is -2.10. The van der Waals surface area contributed by atoms with Crippen LogP contribution in [0.5, 0.6) is 5.75 Å². The van der Waals surface area contributed by atoms with E-state index in [4.69, 9.17) is 9.29 Å². The normalized spacial score (nSPS) is 11.7. The van der Waals surface area contributed by atoms with E-state index in [9.17, 15) is 8.42 Å². The second kappa shape index (κ2) is 16.6. The SMILES string of the molecule is CCCCCCCCCCCCCCCCCCOc1cc(S(=O)(=O)O)ccc1C.